The summed E-state index contributed by atoms with van der Waals surface area (Å²) in [6.45, 7) is 4.71. The first kappa shape index (κ1) is 15.5. The number of aliphatic hydroxyl groups excluding tert-OH is 1. The van der Waals surface area contributed by atoms with Gasteiger partial charge in [-0.05, 0) is 12.1 Å². The van der Waals surface area contributed by atoms with Crippen LogP contribution in [0, 0.1) is 17.0 Å². The predicted molar refractivity (Wildman–Crippen MR) is 73.0 cm³/mol. The van der Waals surface area contributed by atoms with Crippen molar-refractivity contribution in [1.29, 1.82) is 0 Å². The van der Waals surface area contributed by atoms with Gasteiger partial charge in [0.25, 0.3) is 0 Å². The van der Waals surface area contributed by atoms with Gasteiger partial charge in [-0.25, -0.2) is 8.78 Å². The Balaban J connectivity index is 2.24. The van der Waals surface area contributed by atoms with Crippen LogP contribution in [0.25, 0.3) is 0 Å². The highest BCUT2D eigenvalue weighted by molar-refractivity contribution is 6.61. The Morgan fingerprint density at radius 2 is 1.90 bits per heavy atom. The predicted octanol–water partition coefficient (Wildman–Crippen LogP) is 1.35. The minimum atomic E-state index is -1.23. The normalized spacial score (nSPS) is 19.9. The molecule has 1 N–H and O–H groups in total. The van der Waals surface area contributed by atoms with Crippen LogP contribution in [0.2, 0.25) is 6.32 Å². The molecule has 1 heterocycles. The van der Waals surface area contributed by atoms with Crippen LogP contribution in [0.4, 0.5) is 8.78 Å². The van der Waals surface area contributed by atoms with Crippen molar-refractivity contribution < 1.29 is 23.2 Å². The van der Waals surface area contributed by atoms with Gasteiger partial charge in [0, 0.05) is 29.7 Å². The number of hydrogen-bond acceptors (Lipinski definition) is 3. The van der Waals surface area contributed by atoms with Crippen LogP contribution >= 0.6 is 0 Å². The van der Waals surface area contributed by atoms with Gasteiger partial charge in [-0.2, -0.15) is 0 Å². The van der Waals surface area contributed by atoms with Crippen LogP contribution in [-0.4, -0.2) is 33.3 Å². The van der Waals surface area contributed by atoms with Crippen LogP contribution in [0.3, 0.4) is 0 Å². The van der Waals surface area contributed by atoms with Crippen molar-refractivity contribution in [2.75, 3.05) is 13.2 Å². The monoisotopic (exact) mass is 280 g/mol. The molecule has 3 nitrogen and oxygen atoms in total. The molecular weight excluding hydrogens is 264 g/mol. The summed E-state index contributed by atoms with van der Waals surface area (Å²) in [6.07, 6.45) is -1.41. The lowest BCUT2D eigenvalue weighted by Crippen LogP contribution is -2.48. The Labute approximate surface area is 118 Å². The van der Waals surface area contributed by atoms with Gasteiger partial charge in [0.15, 0.2) is 0 Å². The number of hydrogen-bond donors (Lipinski definition) is 1. The molecule has 1 aromatic rings. The Hall–Kier alpha value is -0.910. The van der Waals surface area contributed by atoms with Crippen molar-refractivity contribution in [3.8, 4) is 0 Å². The van der Waals surface area contributed by atoms with E-state index in [0.29, 0.717) is 13.2 Å². The lowest BCUT2D eigenvalue weighted by Gasteiger charge is -2.33. The number of aliphatic hydroxyl groups is 1. The topological polar surface area (TPSA) is 38.7 Å². The van der Waals surface area contributed by atoms with Gasteiger partial charge in [-0.15, -0.1) is 0 Å². The summed E-state index contributed by atoms with van der Waals surface area (Å²) in [6, 6.07) is 1.93. The fraction of sp³-hybridized carbons (Fsp3) is 0.538. The lowest BCUT2D eigenvalue weighted by molar-refractivity contribution is 0.0340. The molecule has 1 aromatic carbocycles. The van der Waals surface area contributed by atoms with E-state index in [-0.39, 0.29) is 22.8 Å². The zero-order valence-electron chi connectivity index (χ0n) is 11.5. The summed E-state index contributed by atoms with van der Waals surface area (Å²) in [4.78, 5) is 0. The largest absolute Gasteiger partial charge is 0.497 e. The molecule has 0 aliphatic carbocycles. The SMILES string of the molecule is [B]CC(O)c1cc(F)c(B2OCC(C)(C)CO2)cc1F. The summed E-state index contributed by atoms with van der Waals surface area (Å²) < 4.78 is 38.8. The summed E-state index contributed by atoms with van der Waals surface area (Å²) in [5.74, 6) is -1.41. The van der Waals surface area contributed by atoms with E-state index in [0.717, 1.165) is 12.1 Å². The molecule has 0 bridgehead atoms. The first-order valence-corrected chi connectivity index (χ1v) is 6.44. The van der Waals surface area contributed by atoms with Crippen LogP contribution in [0.1, 0.15) is 25.5 Å². The van der Waals surface area contributed by atoms with Crippen molar-refractivity contribution in [2.45, 2.75) is 26.3 Å². The summed E-state index contributed by atoms with van der Waals surface area (Å²) in [7, 11) is 4.32. The first-order chi connectivity index (χ1) is 9.34. The molecule has 0 amide bonds. The molecule has 1 unspecified atom stereocenters. The minimum absolute atomic E-state index is 0.00836. The number of rotatable bonds is 3. The fourth-order valence-electron chi connectivity index (χ4n) is 2.01. The molecule has 106 valence electrons. The Morgan fingerprint density at radius 3 is 2.45 bits per heavy atom. The van der Waals surface area contributed by atoms with E-state index in [1.807, 2.05) is 13.8 Å². The maximum Gasteiger partial charge on any atom is 0.497 e. The lowest BCUT2D eigenvalue weighted by atomic mass is 9.75. The van der Waals surface area contributed by atoms with Crippen LogP contribution < -0.4 is 5.46 Å². The molecule has 1 fully saturated rings. The second-order valence-electron chi connectivity index (χ2n) is 5.76. The van der Waals surface area contributed by atoms with Crippen LogP contribution in [0.15, 0.2) is 12.1 Å². The zero-order chi connectivity index (χ0) is 14.9. The smallest absolute Gasteiger partial charge is 0.407 e. The van der Waals surface area contributed by atoms with Crippen molar-refractivity contribution in [3.05, 3.63) is 29.3 Å². The molecule has 20 heavy (non-hydrogen) atoms. The third-order valence-corrected chi connectivity index (χ3v) is 3.20. The fourth-order valence-corrected chi connectivity index (χ4v) is 2.01. The van der Waals surface area contributed by atoms with Gasteiger partial charge in [0.05, 0.1) is 14.0 Å². The Morgan fingerprint density at radius 1 is 1.30 bits per heavy atom. The zero-order valence-corrected chi connectivity index (χ0v) is 11.5. The van der Waals surface area contributed by atoms with Crippen molar-refractivity contribution >= 4 is 20.4 Å². The Kier molecular flexibility index (Phi) is 4.52. The van der Waals surface area contributed by atoms with Crippen LogP contribution in [0.5, 0.6) is 0 Å². The molecule has 2 radical (unpaired) electrons. The molecule has 1 saturated heterocycles. The molecule has 7 heteroatoms. The summed E-state index contributed by atoms with van der Waals surface area (Å²) in [5, 5.41) is 9.51. The van der Waals surface area contributed by atoms with Crippen molar-refractivity contribution in [1.82, 2.24) is 0 Å². The average Bonchev–Trinajstić information content (AvgIpc) is 2.40. The molecule has 1 atom stereocenters. The molecule has 1 aliphatic heterocycles. The minimum Gasteiger partial charge on any atom is -0.407 e. The van der Waals surface area contributed by atoms with Crippen molar-refractivity contribution in [3.63, 3.8) is 0 Å². The van der Waals surface area contributed by atoms with Gasteiger partial charge >= 0.3 is 7.12 Å². The Bertz CT molecular complexity index is 487. The second-order valence-corrected chi connectivity index (χ2v) is 5.76. The molecule has 1 aliphatic rings. The van der Waals surface area contributed by atoms with E-state index < -0.39 is 24.9 Å². The molecule has 0 aromatic heterocycles. The van der Waals surface area contributed by atoms with E-state index >= 15 is 0 Å². The highest BCUT2D eigenvalue weighted by Crippen LogP contribution is 2.24. The van der Waals surface area contributed by atoms with E-state index in [1.54, 1.807) is 0 Å². The van der Waals surface area contributed by atoms with Gasteiger partial charge in [-0.3, -0.25) is 0 Å². The molecule has 0 saturated carbocycles. The van der Waals surface area contributed by atoms with Gasteiger partial charge in [0.1, 0.15) is 11.6 Å². The van der Waals surface area contributed by atoms with Crippen molar-refractivity contribution in [2.24, 2.45) is 5.41 Å². The summed E-state index contributed by atoms with van der Waals surface area (Å²) in [5.41, 5.74) is -0.322. The van der Waals surface area contributed by atoms with Crippen LogP contribution in [-0.2, 0) is 9.31 Å². The maximum atomic E-state index is 14.0. The number of halogens is 2. The van der Waals surface area contributed by atoms with E-state index in [9.17, 15) is 13.9 Å². The maximum absolute atomic E-state index is 14.0. The van der Waals surface area contributed by atoms with E-state index in [1.165, 1.54) is 0 Å². The average molecular weight is 280 g/mol. The highest BCUT2D eigenvalue weighted by atomic mass is 19.1. The van der Waals surface area contributed by atoms with Gasteiger partial charge < -0.3 is 14.4 Å². The molecular formula is C13H16B2F2O3. The molecule has 0 spiro atoms. The second kappa shape index (κ2) is 5.84. The third-order valence-electron chi connectivity index (χ3n) is 3.20. The standard InChI is InChI=1S/C13H16B2F2O3/c1-13(2)6-19-15(20-7-13)9-4-10(16)8(3-11(9)17)12(18)5-14/h3-4,12,18H,5-7H2,1-2H3. The van der Waals surface area contributed by atoms with Gasteiger partial charge in [0.2, 0.25) is 0 Å². The molecule has 2 rings (SSSR count). The van der Waals surface area contributed by atoms with E-state index in [2.05, 4.69) is 0 Å². The quantitative estimate of drug-likeness (QED) is 0.849. The first-order valence-electron chi connectivity index (χ1n) is 6.44. The van der Waals surface area contributed by atoms with Gasteiger partial charge in [-0.1, -0.05) is 20.2 Å². The highest BCUT2D eigenvalue weighted by Gasteiger charge is 2.35. The number of benzene rings is 1. The third kappa shape index (κ3) is 3.22. The van der Waals surface area contributed by atoms with E-state index in [4.69, 9.17) is 17.2 Å². The summed E-state index contributed by atoms with van der Waals surface area (Å²) >= 11 is 0.